The average molecular weight is 572 g/mol. The van der Waals surface area contributed by atoms with Crippen molar-refractivity contribution >= 4 is 19.5 Å². The second kappa shape index (κ2) is 11.4. The van der Waals surface area contributed by atoms with Gasteiger partial charge in [-0.15, -0.1) is 0 Å². The fourth-order valence-corrected chi connectivity index (χ4v) is 5.68. The highest BCUT2D eigenvalue weighted by molar-refractivity contribution is 7.59. The van der Waals surface area contributed by atoms with Crippen LogP contribution in [0.2, 0.25) is 0 Å². The van der Waals surface area contributed by atoms with Crippen molar-refractivity contribution in [1.82, 2.24) is 5.16 Å². The van der Waals surface area contributed by atoms with Crippen LogP contribution in [0.1, 0.15) is 64.1 Å². The van der Waals surface area contributed by atoms with Crippen molar-refractivity contribution in [3.05, 3.63) is 59.5 Å². The molecule has 7 nitrogen and oxygen atoms in total. The lowest BCUT2D eigenvalue weighted by Gasteiger charge is -2.16. The highest BCUT2D eigenvalue weighted by Crippen LogP contribution is 2.68. The number of aliphatic carboxylic acids is 1. The summed E-state index contributed by atoms with van der Waals surface area (Å²) >= 11 is 0. The van der Waals surface area contributed by atoms with Gasteiger partial charge >= 0.3 is 5.97 Å². The van der Waals surface area contributed by atoms with Gasteiger partial charge in [-0.25, -0.2) is 4.39 Å². The number of hydrogen-bond donors (Lipinski definition) is 1. The molecule has 1 heterocycles. The molecule has 216 valence electrons. The first kappa shape index (κ1) is 29.8. The molecular weight excluding hydrogens is 533 g/mol. The maximum absolute atomic E-state index is 14.9. The first-order valence-corrected chi connectivity index (χ1v) is 13.4. The number of benzene rings is 2. The van der Waals surface area contributed by atoms with E-state index in [-0.39, 0.29) is 54.6 Å². The standard InChI is InChI=1S/C31H36FNO6.H2S/c1-30(2)26(31(30,3)4)17-38-29-25(33-39-28(29)23-14-20(36-5)11-12-24(23)32)16-37-21-8-6-7-19(13-21)22(15-27(34)35)18-9-10-18;/h6-8,11-14,18,22,26H,9-10,15-17H2,1-5H3,(H,34,35);1H2/t22-;/m0./s1. The zero-order chi connectivity index (χ0) is 27.9. The minimum Gasteiger partial charge on any atom is -0.497 e. The average Bonchev–Trinajstić information content (AvgIpc) is 3.75. The first-order valence-electron chi connectivity index (χ1n) is 13.4. The topological polar surface area (TPSA) is 91.0 Å². The van der Waals surface area contributed by atoms with Crippen LogP contribution in [0.5, 0.6) is 17.2 Å². The van der Waals surface area contributed by atoms with Crippen molar-refractivity contribution in [3.63, 3.8) is 0 Å². The Kier molecular flexibility index (Phi) is 8.45. The summed E-state index contributed by atoms with van der Waals surface area (Å²) in [5.74, 6) is 0.991. The van der Waals surface area contributed by atoms with Crippen LogP contribution in [-0.4, -0.2) is 29.9 Å². The fraction of sp³-hybridized carbons (Fsp3) is 0.484. The molecule has 0 aliphatic heterocycles. The summed E-state index contributed by atoms with van der Waals surface area (Å²) in [5.41, 5.74) is 1.78. The van der Waals surface area contributed by atoms with Crippen molar-refractivity contribution in [2.24, 2.45) is 22.7 Å². The number of ether oxygens (including phenoxy) is 3. The van der Waals surface area contributed by atoms with Gasteiger partial charge in [0.2, 0.25) is 5.76 Å². The van der Waals surface area contributed by atoms with Crippen LogP contribution in [0, 0.1) is 28.5 Å². The molecule has 0 radical (unpaired) electrons. The number of hydrogen-bond acceptors (Lipinski definition) is 6. The molecule has 9 heteroatoms. The molecule has 2 aliphatic rings. The van der Waals surface area contributed by atoms with E-state index < -0.39 is 11.8 Å². The highest BCUT2D eigenvalue weighted by atomic mass is 32.1. The van der Waals surface area contributed by atoms with Gasteiger partial charge in [0.05, 0.1) is 25.7 Å². The summed E-state index contributed by atoms with van der Waals surface area (Å²) in [4.78, 5) is 11.4. The molecule has 0 unspecified atom stereocenters. The number of methoxy groups -OCH3 is 1. The molecule has 2 aromatic carbocycles. The molecule has 40 heavy (non-hydrogen) atoms. The van der Waals surface area contributed by atoms with Gasteiger partial charge in [-0.3, -0.25) is 4.79 Å². The lowest BCUT2D eigenvalue weighted by atomic mass is 9.91. The minimum absolute atomic E-state index is 0. The van der Waals surface area contributed by atoms with Crippen molar-refractivity contribution in [1.29, 1.82) is 0 Å². The molecule has 1 aromatic heterocycles. The lowest BCUT2D eigenvalue weighted by molar-refractivity contribution is -0.137. The number of aromatic nitrogens is 1. The van der Waals surface area contributed by atoms with Crippen LogP contribution in [-0.2, 0) is 11.4 Å². The second-order valence-electron chi connectivity index (χ2n) is 11.8. The van der Waals surface area contributed by atoms with Crippen LogP contribution in [0.3, 0.4) is 0 Å². The van der Waals surface area contributed by atoms with Crippen LogP contribution < -0.4 is 14.2 Å². The van der Waals surface area contributed by atoms with Gasteiger partial charge < -0.3 is 23.8 Å². The molecule has 2 saturated carbocycles. The largest absolute Gasteiger partial charge is 0.497 e. The summed E-state index contributed by atoms with van der Waals surface area (Å²) in [6.45, 7) is 9.33. The Balaban J connectivity index is 0.00000370. The normalized spacial score (nSPS) is 17.9. The summed E-state index contributed by atoms with van der Waals surface area (Å²) in [6, 6.07) is 12.0. The van der Waals surface area contributed by atoms with E-state index in [0.29, 0.717) is 41.4 Å². The Morgan fingerprint density at radius 2 is 1.82 bits per heavy atom. The Labute approximate surface area is 241 Å². The lowest BCUT2D eigenvalue weighted by Crippen LogP contribution is -2.09. The molecule has 0 spiro atoms. The summed E-state index contributed by atoms with van der Waals surface area (Å²) in [6.07, 6.45) is 2.18. The van der Waals surface area contributed by atoms with Crippen molar-refractivity contribution < 1.29 is 33.0 Å². The molecule has 3 aromatic rings. The van der Waals surface area contributed by atoms with E-state index in [0.717, 1.165) is 18.4 Å². The van der Waals surface area contributed by atoms with Crippen LogP contribution in [0.4, 0.5) is 4.39 Å². The fourth-order valence-electron chi connectivity index (χ4n) is 5.68. The smallest absolute Gasteiger partial charge is 0.303 e. The Hall–Kier alpha value is -3.20. The van der Waals surface area contributed by atoms with E-state index >= 15 is 0 Å². The predicted molar refractivity (Wildman–Crippen MR) is 154 cm³/mol. The predicted octanol–water partition coefficient (Wildman–Crippen LogP) is 7.21. The Morgan fingerprint density at radius 1 is 1.10 bits per heavy atom. The number of carboxylic acids is 1. The van der Waals surface area contributed by atoms with E-state index in [2.05, 4.69) is 32.9 Å². The third-order valence-corrected chi connectivity index (χ3v) is 9.09. The van der Waals surface area contributed by atoms with E-state index in [1.165, 1.54) is 13.2 Å². The van der Waals surface area contributed by atoms with Gasteiger partial charge in [-0.05, 0) is 71.4 Å². The molecule has 0 amide bonds. The molecule has 5 rings (SSSR count). The number of carboxylic acid groups (broad SMARTS) is 1. The Bertz CT molecular complexity index is 1350. The molecule has 2 fully saturated rings. The van der Waals surface area contributed by atoms with Gasteiger partial charge in [-0.1, -0.05) is 45.0 Å². The molecule has 1 N–H and O–H groups in total. The van der Waals surface area contributed by atoms with Crippen LogP contribution in [0.15, 0.2) is 47.0 Å². The van der Waals surface area contributed by atoms with Gasteiger partial charge in [-0.2, -0.15) is 13.5 Å². The molecular formula is C31H38FNO6S. The number of carbonyl (C=O) groups is 1. The Morgan fingerprint density at radius 3 is 2.45 bits per heavy atom. The summed E-state index contributed by atoms with van der Waals surface area (Å²) in [5, 5.41) is 13.6. The number of nitrogens with zero attached hydrogens (tertiary/aromatic N) is 1. The van der Waals surface area contributed by atoms with E-state index in [1.807, 2.05) is 24.3 Å². The number of rotatable bonds is 12. The van der Waals surface area contributed by atoms with Crippen molar-refractivity contribution in [3.8, 4) is 28.6 Å². The molecule has 0 bridgehead atoms. The third-order valence-electron chi connectivity index (χ3n) is 9.09. The third kappa shape index (κ3) is 5.80. The maximum atomic E-state index is 14.9. The van der Waals surface area contributed by atoms with Gasteiger partial charge in [0.25, 0.3) is 0 Å². The minimum atomic E-state index is -0.804. The van der Waals surface area contributed by atoms with E-state index in [4.69, 9.17) is 18.7 Å². The van der Waals surface area contributed by atoms with E-state index in [1.54, 1.807) is 12.1 Å². The zero-order valence-electron chi connectivity index (χ0n) is 23.6. The maximum Gasteiger partial charge on any atom is 0.303 e. The highest BCUT2D eigenvalue weighted by Gasteiger charge is 2.64. The molecule has 2 aliphatic carbocycles. The number of halogens is 1. The second-order valence-corrected chi connectivity index (χ2v) is 11.8. The van der Waals surface area contributed by atoms with Gasteiger partial charge in [0.1, 0.15) is 23.9 Å². The van der Waals surface area contributed by atoms with Crippen LogP contribution >= 0.6 is 13.5 Å². The van der Waals surface area contributed by atoms with Crippen LogP contribution in [0.25, 0.3) is 11.3 Å². The van der Waals surface area contributed by atoms with Crippen molar-refractivity contribution in [2.75, 3.05) is 13.7 Å². The summed E-state index contributed by atoms with van der Waals surface area (Å²) < 4.78 is 38.2. The van der Waals surface area contributed by atoms with Crippen molar-refractivity contribution in [2.45, 2.75) is 59.5 Å². The van der Waals surface area contributed by atoms with Gasteiger partial charge in [0, 0.05) is 5.92 Å². The SMILES string of the molecule is COc1ccc(F)c(-c2onc(COc3cccc([C@@H](CC(=O)O)C4CC4)c3)c2OCC2C(C)(C)C2(C)C)c1.S. The quantitative estimate of drug-likeness (QED) is 0.246. The molecule has 1 atom stereocenters. The zero-order valence-corrected chi connectivity index (χ0v) is 24.6. The van der Waals surface area contributed by atoms with E-state index in [9.17, 15) is 14.3 Å². The molecule has 0 saturated heterocycles. The summed E-state index contributed by atoms with van der Waals surface area (Å²) in [7, 11) is 1.52. The first-order chi connectivity index (χ1) is 18.5. The van der Waals surface area contributed by atoms with Gasteiger partial charge in [0.15, 0.2) is 11.4 Å². The monoisotopic (exact) mass is 571 g/mol.